The van der Waals surface area contributed by atoms with Crippen molar-refractivity contribution in [3.05, 3.63) is 29.6 Å². The highest BCUT2D eigenvalue weighted by Crippen LogP contribution is 2.15. The number of carboxylic acids is 1. The van der Waals surface area contributed by atoms with E-state index in [1.165, 1.54) is 18.4 Å². The first kappa shape index (κ1) is 16.1. The highest BCUT2D eigenvalue weighted by atomic mass is 32.2. The van der Waals surface area contributed by atoms with Crippen molar-refractivity contribution in [3.8, 4) is 0 Å². The first-order valence-corrected chi connectivity index (χ1v) is 7.33. The molecular weight excluding hydrogens is 287 g/mol. The number of benzene rings is 1. The number of amides is 2. The van der Waals surface area contributed by atoms with Crippen molar-refractivity contribution in [1.82, 2.24) is 5.32 Å². The molecule has 20 heavy (non-hydrogen) atoms. The van der Waals surface area contributed by atoms with Crippen LogP contribution in [0.1, 0.15) is 17.3 Å². The van der Waals surface area contributed by atoms with E-state index in [0.29, 0.717) is 0 Å². The summed E-state index contributed by atoms with van der Waals surface area (Å²) in [5.41, 5.74) is -0.332. The van der Waals surface area contributed by atoms with Crippen LogP contribution in [0, 0.1) is 5.82 Å². The van der Waals surface area contributed by atoms with E-state index >= 15 is 0 Å². The Bertz CT molecular complexity index is 550. The molecule has 2 unspecified atom stereocenters. The van der Waals surface area contributed by atoms with E-state index in [1.54, 1.807) is 6.92 Å². The van der Waals surface area contributed by atoms with Crippen LogP contribution in [-0.4, -0.2) is 39.4 Å². The minimum atomic E-state index is -1.25. The number of carbonyl (C=O) groups excluding carboxylic acids is 1. The third-order valence-corrected chi connectivity index (χ3v) is 3.88. The molecule has 1 rings (SSSR count). The van der Waals surface area contributed by atoms with Gasteiger partial charge in [0.15, 0.2) is 0 Å². The molecule has 2 atom stereocenters. The second-order valence-electron chi connectivity index (χ2n) is 4.14. The lowest BCUT2D eigenvalue weighted by atomic mass is 10.2. The van der Waals surface area contributed by atoms with Crippen molar-refractivity contribution in [1.29, 1.82) is 0 Å². The molecule has 0 aliphatic rings. The van der Waals surface area contributed by atoms with E-state index in [1.807, 2.05) is 0 Å². The maximum atomic E-state index is 13.5. The quantitative estimate of drug-likeness (QED) is 0.766. The van der Waals surface area contributed by atoms with Gasteiger partial charge in [-0.15, -0.1) is 0 Å². The summed E-state index contributed by atoms with van der Waals surface area (Å²) in [7, 11) is -1.07. The molecule has 6 nitrogen and oxygen atoms in total. The maximum Gasteiger partial charge on any atom is 0.335 e. The SMILES string of the molecule is CC(CNC(=O)Nc1ccc(C(=O)O)cc1F)S(C)=O. The Morgan fingerprint density at radius 2 is 2.10 bits per heavy atom. The molecule has 110 valence electrons. The summed E-state index contributed by atoms with van der Waals surface area (Å²) in [6.45, 7) is 1.89. The minimum Gasteiger partial charge on any atom is -0.478 e. The van der Waals surface area contributed by atoms with Crippen LogP contribution in [-0.2, 0) is 10.8 Å². The lowest BCUT2D eigenvalue weighted by molar-refractivity contribution is 0.0696. The topological polar surface area (TPSA) is 95.5 Å². The number of anilines is 1. The third kappa shape index (κ3) is 4.61. The molecule has 0 radical (unpaired) electrons. The predicted molar refractivity (Wildman–Crippen MR) is 73.9 cm³/mol. The van der Waals surface area contributed by atoms with Gasteiger partial charge >= 0.3 is 12.0 Å². The van der Waals surface area contributed by atoms with Gasteiger partial charge in [0.1, 0.15) is 5.82 Å². The minimum absolute atomic E-state index is 0.127. The second-order valence-corrected chi connectivity index (χ2v) is 5.95. The Labute approximate surface area is 117 Å². The van der Waals surface area contributed by atoms with Gasteiger partial charge in [-0.1, -0.05) is 0 Å². The average Bonchev–Trinajstić information content (AvgIpc) is 2.37. The summed E-state index contributed by atoms with van der Waals surface area (Å²) in [6, 6.07) is 2.52. The number of hydrogen-bond acceptors (Lipinski definition) is 3. The van der Waals surface area contributed by atoms with E-state index in [0.717, 1.165) is 6.07 Å². The Morgan fingerprint density at radius 1 is 1.45 bits per heavy atom. The van der Waals surface area contributed by atoms with Crippen molar-refractivity contribution < 1.29 is 23.3 Å². The van der Waals surface area contributed by atoms with Gasteiger partial charge in [0.2, 0.25) is 0 Å². The number of aromatic carboxylic acids is 1. The fourth-order valence-corrected chi connectivity index (χ4v) is 1.59. The fourth-order valence-electron chi connectivity index (χ4n) is 1.27. The van der Waals surface area contributed by atoms with Gasteiger partial charge in [-0.2, -0.15) is 0 Å². The van der Waals surface area contributed by atoms with Crippen LogP contribution in [0.5, 0.6) is 0 Å². The Kier molecular flexibility index (Phi) is 5.63. The van der Waals surface area contributed by atoms with E-state index < -0.39 is 28.6 Å². The lowest BCUT2D eigenvalue weighted by Gasteiger charge is -2.11. The monoisotopic (exact) mass is 302 g/mol. The average molecular weight is 302 g/mol. The van der Waals surface area contributed by atoms with Crippen LogP contribution in [0.25, 0.3) is 0 Å². The van der Waals surface area contributed by atoms with E-state index in [9.17, 15) is 18.2 Å². The molecule has 8 heteroatoms. The van der Waals surface area contributed by atoms with Crippen LogP contribution < -0.4 is 10.6 Å². The van der Waals surface area contributed by atoms with Gasteiger partial charge in [-0.3, -0.25) is 4.21 Å². The molecule has 0 saturated carbocycles. The number of halogens is 1. The van der Waals surface area contributed by atoms with Crippen LogP contribution in [0.15, 0.2) is 18.2 Å². The Balaban J connectivity index is 2.62. The Morgan fingerprint density at radius 3 is 2.60 bits per heavy atom. The van der Waals surface area contributed by atoms with Crippen LogP contribution >= 0.6 is 0 Å². The van der Waals surface area contributed by atoms with Crippen molar-refractivity contribution in [2.45, 2.75) is 12.2 Å². The molecule has 0 bridgehead atoms. The van der Waals surface area contributed by atoms with Gasteiger partial charge in [-0.05, 0) is 25.1 Å². The molecule has 0 aliphatic carbocycles. The van der Waals surface area contributed by atoms with Gasteiger partial charge < -0.3 is 15.7 Å². The number of carboxylic acid groups (broad SMARTS) is 1. The van der Waals surface area contributed by atoms with Crippen molar-refractivity contribution >= 4 is 28.5 Å². The number of urea groups is 1. The number of hydrogen-bond donors (Lipinski definition) is 3. The zero-order valence-electron chi connectivity index (χ0n) is 11.0. The summed E-state index contributed by atoms with van der Waals surface area (Å²) in [4.78, 5) is 22.1. The van der Waals surface area contributed by atoms with Crippen molar-refractivity contribution in [2.24, 2.45) is 0 Å². The lowest BCUT2D eigenvalue weighted by Crippen LogP contribution is -2.35. The molecule has 0 saturated heterocycles. The summed E-state index contributed by atoms with van der Waals surface area (Å²) < 4.78 is 24.6. The van der Waals surface area contributed by atoms with Gasteiger partial charge in [0, 0.05) is 28.9 Å². The fraction of sp³-hybridized carbons (Fsp3) is 0.333. The van der Waals surface area contributed by atoms with Crippen LogP contribution in [0.4, 0.5) is 14.9 Å². The zero-order chi connectivity index (χ0) is 15.3. The molecule has 0 fully saturated rings. The van der Waals surface area contributed by atoms with Crippen LogP contribution in [0.2, 0.25) is 0 Å². The smallest absolute Gasteiger partial charge is 0.335 e. The molecule has 2 amide bonds. The van der Waals surface area contributed by atoms with E-state index in [4.69, 9.17) is 5.11 Å². The molecule has 1 aromatic carbocycles. The summed E-state index contributed by atoms with van der Waals surface area (Å²) in [6.07, 6.45) is 1.52. The zero-order valence-corrected chi connectivity index (χ0v) is 11.8. The summed E-state index contributed by atoms with van der Waals surface area (Å²) in [5, 5.41) is 13.2. The molecule has 0 spiro atoms. The predicted octanol–water partition coefficient (Wildman–Crippen LogP) is 1.41. The third-order valence-electron chi connectivity index (χ3n) is 2.58. The molecule has 0 aromatic heterocycles. The Hall–Kier alpha value is -1.96. The van der Waals surface area contributed by atoms with Crippen molar-refractivity contribution in [2.75, 3.05) is 18.1 Å². The summed E-state index contributed by atoms with van der Waals surface area (Å²) in [5.74, 6) is -2.09. The number of carbonyl (C=O) groups is 2. The molecule has 0 aliphatic heterocycles. The van der Waals surface area contributed by atoms with Gasteiger partial charge in [0.25, 0.3) is 0 Å². The normalized spacial score (nSPS) is 13.3. The van der Waals surface area contributed by atoms with E-state index in [-0.39, 0.29) is 23.0 Å². The molecule has 1 aromatic rings. The second kappa shape index (κ2) is 6.99. The summed E-state index contributed by atoms with van der Waals surface area (Å²) >= 11 is 0. The molecular formula is C12H15FN2O4S. The van der Waals surface area contributed by atoms with Gasteiger partial charge in [-0.25, -0.2) is 14.0 Å². The first-order valence-electron chi connectivity index (χ1n) is 5.71. The standard InChI is InChI=1S/C12H15FN2O4S/c1-7(20(2)19)6-14-12(18)15-10-4-3-8(11(16)17)5-9(10)13/h3-5,7H,6H2,1-2H3,(H,16,17)(H2,14,15,18). The van der Waals surface area contributed by atoms with Crippen LogP contribution in [0.3, 0.4) is 0 Å². The maximum absolute atomic E-state index is 13.5. The molecule has 0 heterocycles. The van der Waals surface area contributed by atoms with E-state index in [2.05, 4.69) is 10.6 Å². The number of nitrogens with one attached hydrogen (secondary N) is 2. The highest BCUT2D eigenvalue weighted by Gasteiger charge is 2.12. The van der Waals surface area contributed by atoms with Gasteiger partial charge in [0.05, 0.1) is 11.3 Å². The number of rotatable bonds is 5. The molecule has 3 N–H and O–H groups in total. The first-order chi connectivity index (χ1) is 9.31. The largest absolute Gasteiger partial charge is 0.478 e. The highest BCUT2D eigenvalue weighted by molar-refractivity contribution is 7.84. The van der Waals surface area contributed by atoms with Crippen molar-refractivity contribution in [3.63, 3.8) is 0 Å².